The first-order valence-electron chi connectivity index (χ1n) is 6.91. The molecule has 1 aromatic rings. The maximum atomic E-state index is 11.8. The van der Waals surface area contributed by atoms with Crippen molar-refractivity contribution in [2.45, 2.75) is 25.2 Å². The largest absolute Gasteiger partial charge is 0.355 e. The fourth-order valence-corrected chi connectivity index (χ4v) is 2.91. The highest BCUT2D eigenvalue weighted by molar-refractivity contribution is 5.85. The maximum absolute atomic E-state index is 11.8. The number of hydrogen-bond donors (Lipinski definition) is 2. The lowest BCUT2D eigenvalue weighted by Crippen LogP contribution is -2.51. The minimum Gasteiger partial charge on any atom is -0.355 e. The third-order valence-electron chi connectivity index (χ3n) is 4.17. The molecule has 0 spiro atoms. The highest BCUT2D eigenvalue weighted by Crippen LogP contribution is 2.30. The molecule has 1 atom stereocenters. The SMILES string of the molecule is Cl.O=C(NCC1CCCc2ccccc21)C1CNC1. The molecule has 104 valence electrons. The van der Waals surface area contributed by atoms with E-state index < -0.39 is 0 Å². The molecule has 1 unspecified atom stereocenters. The van der Waals surface area contributed by atoms with Crippen LogP contribution in [-0.4, -0.2) is 25.5 Å². The lowest BCUT2D eigenvalue weighted by molar-refractivity contribution is -0.126. The smallest absolute Gasteiger partial charge is 0.225 e. The Balaban J connectivity index is 0.00000133. The van der Waals surface area contributed by atoms with Crippen molar-refractivity contribution in [2.75, 3.05) is 19.6 Å². The summed E-state index contributed by atoms with van der Waals surface area (Å²) in [4.78, 5) is 11.8. The Hall–Kier alpha value is -1.06. The van der Waals surface area contributed by atoms with Gasteiger partial charge in [-0.1, -0.05) is 24.3 Å². The van der Waals surface area contributed by atoms with E-state index in [0.717, 1.165) is 19.6 Å². The molecule has 0 saturated carbocycles. The van der Waals surface area contributed by atoms with E-state index in [1.807, 2.05) is 0 Å². The molecule has 0 bridgehead atoms. The van der Waals surface area contributed by atoms with Crippen LogP contribution in [0.4, 0.5) is 0 Å². The van der Waals surface area contributed by atoms with E-state index in [4.69, 9.17) is 0 Å². The molecule has 2 N–H and O–H groups in total. The monoisotopic (exact) mass is 280 g/mol. The third-order valence-corrected chi connectivity index (χ3v) is 4.17. The zero-order valence-electron chi connectivity index (χ0n) is 11.0. The number of hydrogen-bond acceptors (Lipinski definition) is 2. The molecule has 4 heteroatoms. The van der Waals surface area contributed by atoms with E-state index >= 15 is 0 Å². The summed E-state index contributed by atoms with van der Waals surface area (Å²) in [6.07, 6.45) is 3.62. The fourth-order valence-electron chi connectivity index (χ4n) is 2.91. The molecular formula is C15H21ClN2O. The van der Waals surface area contributed by atoms with Crippen LogP contribution in [0, 0.1) is 5.92 Å². The number of carbonyl (C=O) groups is 1. The van der Waals surface area contributed by atoms with Gasteiger partial charge in [0.2, 0.25) is 5.91 Å². The Kier molecular flexibility index (Phi) is 4.83. The predicted octanol–water partition coefficient (Wildman–Crippen LogP) is 1.86. The summed E-state index contributed by atoms with van der Waals surface area (Å²) in [6, 6.07) is 8.66. The first-order chi connectivity index (χ1) is 8.84. The van der Waals surface area contributed by atoms with Crippen molar-refractivity contribution in [1.82, 2.24) is 10.6 Å². The van der Waals surface area contributed by atoms with E-state index in [0.29, 0.717) is 5.92 Å². The number of nitrogens with one attached hydrogen (secondary N) is 2. The first-order valence-corrected chi connectivity index (χ1v) is 6.91. The van der Waals surface area contributed by atoms with Crippen LogP contribution in [0.2, 0.25) is 0 Å². The summed E-state index contributed by atoms with van der Waals surface area (Å²) in [5, 5.41) is 6.25. The highest BCUT2D eigenvalue weighted by atomic mass is 35.5. The second-order valence-corrected chi connectivity index (χ2v) is 5.39. The van der Waals surface area contributed by atoms with Crippen LogP contribution in [0.3, 0.4) is 0 Å². The molecule has 1 heterocycles. The highest BCUT2D eigenvalue weighted by Gasteiger charge is 2.26. The standard InChI is InChI=1S/C15H20N2O.ClH/c18-15(13-8-16-9-13)17-10-12-6-3-5-11-4-1-2-7-14(11)12;/h1-2,4,7,12-13,16H,3,5-6,8-10H2,(H,17,18);1H. The molecule has 1 amide bonds. The van der Waals surface area contributed by atoms with Crippen molar-refractivity contribution >= 4 is 18.3 Å². The molecule has 0 radical (unpaired) electrons. The minimum absolute atomic E-state index is 0. The Morgan fingerprint density at radius 3 is 2.84 bits per heavy atom. The Labute approximate surface area is 120 Å². The van der Waals surface area contributed by atoms with Gasteiger partial charge in [0.15, 0.2) is 0 Å². The molecule has 1 fully saturated rings. The summed E-state index contributed by atoms with van der Waals surface area (Å²) >= 11 is 0. The van der Waals surface area contributed by atoms with Gasteiger partial charge in [-0.3, -0.25) is 4.79 Å². The van der Waals surface area contributed by atoms with Crippen molar-refractivity contribution in [3.8, 4) is 0 Å². The van der Waals surface area contributed by atoms with Gasteiger partial charge in [-0.25, -0.2) is 0 Å². The van der Waals surface area contributed by atoms with E-state index in [-0.39, 0.29) is 24.2 Å². The van der Waals surface area contributed by atoms with Gasteiger partial charge in [-0.05, 0) is 30.4 Å². The minimum atomic E-state index is 0. The van der Waals surface area contributed by atoms with Crippen molar-refractivity contribution < 1.29 is 4.79 Å². The molecule has 3 nitrogen and oxygen atoms in total. The predicted molar refractivity (Wildman–Crippen MR) is 78.7 cm³/mol. The van der Waals surface area contributed by atoms with E-state index in [2.05, 4.69) is 34.9 Å². The Morgan fingerprint density at radius 2 is 2.11 bits per heavy atom. The Bertz CT molecular complexity index is 446. The Morgan fingerprint density at radius 1 is 1.32 bits per heavy atom. The molecular weight excluding hydrogens is 260 g/mol. The number of fused-ring (bicyclic) bond motifs is 1. The normalized spacial score (nSPS) is 21.8. The molecule has 0 aromatic heterocycles. The van der Waals surface area contributed by atoms with Crippen LogP contribution >= 0.6 is 12.4 Å². The van der Waals surface area contributed by atoms with Crippen molar-refractivity contribution in [1.29, 1.82) is 0 Å². The van der Waals surface area contributed by atoms with Gasteiger partial charge in [0.25, 0.3) is 0 Å². The van der Waals surface area contributed by atoms with Gasteiger partial charge in [0.1, 0.15) is 0 Å². The summed E-state index contributed by atoms with van der Waals surface area (Å²) in [7, 11) is 0. The maximum Gasteiger partial charge on any atom is 0.225 e. The summed E-state index contributed by atoms with van der Waals surface area (Å²) in [6.45, 7) is 2.48. The van der Waals surface area contributed by atoms with Crippen molar-refractivity contribution in [3.05, 3.63) is 35.4 Å². The van der Waals surface area contributed by atoms with Crippen LogP contribution in [0.15, 0.2) is 24.3 Å². The topological polar surface area (TPSA) is 41.1 Å². The summed E-state index contributed by atoms with van der Waals surface area (Å²) < 4.78 is 0. The van der Waals surface area contributed by atoms with Crippen molar-refractivity contribution in [2.24, 2.45) is 5.92 Å². The number of carbonyl (C=O) groups excluding carboxylic acids is 1. The molecule has 3 rings (SSSR count). The number of halogens is 1. The van der Waals surface area contributed by atoms with E-state index in [9.17, 15) is 4.79 Å². The second kappa shape index (κ2) is 6.40. The number of amides is 1. The van der Waals surface area contributed by atoms with Crippen LogP contribution in [0.5, 0.6) is 0 Å². The van der Waals surface area contributed by atoms with Gasteiger partial charge >= 0.3 is 0 Å². The van der Waals surface area contributed by atoms with Crippen LogP contribution in [-0.2, 0) is 11.2 Å². The third kappa shape index (κ3) is 3.10. The molecule has 2 aliphatic rings. The number of benzene rings is 1. The lowest BCUT2D eigenvalue weighted by atomic mass is 9.83. The quantitative estimate of drug-likeness (QED) is 0.887. The lowest BCUT2D eigenvalue weighted by Gasteiger charge is -2.29. The number of rotatable bonds is 3. The molecule has 1 aliphatic heterocycles. The molecule has 1 saturated heterocycles. The van der Waals surface area contributed by atoms with Gasteiger partial charge in [0.05, 0.1) is 5.92 Å². The summed E-state index contributed by atoms with van der Waals surface area (Å²) in [5.41, 5.74) is 2.91. The fraction of sp³-hybridized carbons (Fsp3) is 0.533. The summed E-state index contributed by atoms with van der Waals surface area (Å²) in [5.74, 6) is 0.924. The zero-order valence-corrected chi connectivity index (χ0v) is 11.8. The average Bonchev–Trinajstić information content (AvgIpc) is 2.34. The zero-order chi connectivity index (χ0) is 12.4. The van der Waals surface area contributed by atoms with Crippen LogP contribution < -0.4 is 10.6 Å². The van der Waals surface area contributed by atoms with Crippen LogP contribution in [0.1, 0.15) is 29.9 Å². The van der Waals surface area contributed by atoms with E-state index in [1.54, 1.807) is 0 Å². The van der Waals surface area contributed by atoms with Crippen molar-refractivity contribution in [3.63, 3.8) is 0 Å². The van der Waals surface area contributed by atoms with Gasteiger partial charge in [-0.2, -0.15) is 0 Å². The first kappa shape index (κ1) is 14.4. The van der Waals surface area contributed by atoms with Gasteiger partial charge < -0.3 is 10.6 Å². The molecule has 1 aliphatic carbocycles. The van der Waals surface area contributed by atoms with E-state index in [1.165, 1.54) is 30.4 Å². The molecule has 19 heavy (non-hydrogen) atoms. The van der Waals surface area contributed by atoms with Gasteiger partial charge in [-0.15, -0.1) is 12.4 Å². The number of aryl methyl sites for hydroxylation is 1. The molecule has 1 aromatic carbocycles. The van der Waals surface area contributed by atoms with Crippen LogP contribution in [0.25, 0.3) is 0 Å². The van der Waals surface area contributed by atoms with Gasteiger partial charge in [0, 0.05) is 25.6 Å². The second-order valence-electron chi connectivity index (χ2n) is 5.39. The average molecular weight is 281 g/mol.